The van der Waals surface area contributed by atoms with E-state index in [0.717, 1.165) is 11.3 Å². The van der Waals surface area contributed by atoms with E-state index in [0.29, 0.717) is 17.1 Å². The third-order valence-corrected chi connectivity index (χ3v) is 4.31. The monoisotopic (exact) mass is 376 g/mol. The van der Waals surface area contributed by atoms with Crippen molar-refractivity contribution >= 4 is 29.1 Å². The maximum absolute atomic E-state index is 12.4. The minimum atomic E-state index is -0.474. The molecule has 0 bridgehead atoms. The Bertz CT molecular complexity index is 1020. The molecule has 1 heterocycles. The molecule has 1 aromatic heterocycles. The number of amides is 1. The molecular weight excluding hydrogens is 356 g/mol. The maximum atomic E-state index is 12.4. The van der Waals surface area contributed by atoms with Crippen LogP contribution in [0.1, 0.15) is 32.0 Å². The number of carbonyl (C=O) groups is 2. The van der Waals surface area contributed by atoms with Gasteiger partial charge < -0.3 is 15.4 Å². The van der Waals surface area contributed by atoms with Crippen LogP contribution >= 0.6 is 0 Å². The summed E-state index contributed by atoms with van der Waals surface area (Å²) in [6.07, 6.45) is 0. The molecule has 3 rings (SSSR count). The molecule has 0 aliphatic carbocycles. The summed E-state index contributed by atoms with van der Waals surface area (Å²) in [6.45, 7) is 4.06. The van der Waals surface area contributed by atoms with E-state index in [2.05, 4.69) is 25.6 Å². The molecule has 0 saturated heterocycles. The van der Waals surface area contributed by atoms with Gasteiger partial charge in [0.1, 0.15) is 0 Å². The number of esters is 1. The van der Waals surface area contributed by atoms with Crippen LogP contribution in [0.3, 0.4) is 0 Å². The van der Waals surface area contributed by atoms with Gasteiger partial charge in [0, 0.05) is 11.4 Å². The van der Waals surface area contributed by atoms with Gasteiger partial charge in [0.25, 0.3) is 5.91 Å². The fourth-order valence-corrected chi connectivity index (χ4v) is 2.58. The quantitative estimate of drug-likeness (QED) is 0.657. The Kier molecular flexibility index (Phi) is 5.64. The predicted molar refractivity (Wildman–Crippen MR) is 107 cm³/mol. The van der Waals surface area contributed by atoms with Crippen LogP contribution in [0.2, 0.25) is 0 Å². The van der Waals surface area contributed by atoms with Gasteiger partial charge in [-0.15, -0.1) is 10.2 Å². The molecular formula is C21H20N4O3. The first-order valence-electron chi connectivity index (χ1n) is 8.64. The number of nitrogens with one attached hydrogen (secondary N) is 2. The van der Waals surface area contributed by atoms with Gasteiger partial charge in [-0.05, 0) is 61.4 Å². The Morgan fingerprint density at radius 1 is 0.964 bits per heavy atom. The van der Waals surface area contributed by atoms with Crippen molar-refractivity contribution in [2.24, 2.45) is 0 Å². The van der Waals surface area contributed by atoms with Gasteiger partial charge in [0.2, 0.25) is 0 Å². The lowest BCUT2D eigenvalue weighted by Gasteiger charge is -2.10. The maximum Gasteiger partial charge on any atom is 0.337 e. The van der Waals surface area contributed by atoms with Crippen LogP contribution in [0.5, 0.6) is 0 Å². The number of rotatable bonds is 5. The van der Waals surface area contributed by atoms with Crippen molar-refractivity contribution in [3.63, 3.8) is 0 Å². The number of carbonyl (C=O) groups excluding carboxylic acids is 2. The molecule has 0 spiro atoms. The highest BCUT2D eigenvalue weighted by Crippen LogP contribution is 2.21. The summed E-state index contributed by atoms with van der Waals surface area (Å²) in [5.41, 5.74) is 4.20. The number of methoxy groups -OCH3 is 1. The standard InChI is InChI=1S/C21H20N4O3/c1-13-6-4-9-17(14(13)2)23-19-11-10-18(24-25-19)20(26)22-16-8-5-7-15(12-16)21(27)28-3/h4-12H,1-3H3,(H,22,26)(H,23,25). The molecule has 0 aliphatic heterocycles. The van der Waals surface area contributed by atoms with Crippen LogP contribution in [-0.2, 0) is 4.74 Å². The third-order valence-electron chi connectivity index (χ3n) is 4.31. The van der Waals surface area contributed by atoms with E-state index < -0.39 is 11.9 Å². The highest BCUT2D eigenvalue weighted by atomic mass is 16.5. The molecule has 2 N–H and O–H groups in total. The normalized spacial score (nSPS) is 10.2. The number of benzene rings is 2. The second kappa shape index (κ2) is 8.30. The molecule has 0 unspecified atom stereocenters. The Balaban J connectivity index is 1.70. The van der Waals surface area contributed by atoms with Gasteiger partial charge >= 0.3 is 5.97 Å². The van der Waals surface area contributed by atoms with Crippen LogP contribution in [0.25, 0.3) is 0 Å². The summed E-state index contributed by atoms with van der Waals surface area (Å²) in [5.74, 6) is -0.358. The predicted octanol–water partition coefficient (Wildman–Crippen LogP) is 3.88. The smallest absolute Gasteiger partial charge is 0.337 e. The molecule has 142 valence electrons. The topological polar surface area (TPSA) is 93.2 Å². The largest absolute Gasteiger partial charge is 0.465 e. The van der Waals surface area contributed by atoms with Crippen molar-refractivity contribution in [1.82, 2.24) is 10.2 Å². The van der Waals surface area contributed by atoms with E-state index in [4.69, 9.17) is 0 Å². The second-order valence-corrected chi connectivity index (χ2v) is 6.20. The molecule has 0 fully saturated rings. The molecule has 0 saturated carbocycles. The molecule has 0 atom stereocenters. The first-order chi connectivity index (χ1) is 13.5. The van der Waals surface area contributed by atoms with E-state index in [1.54, 1.807) is 30.3 Å². The molecule has 28 heavy (non-hydrogen) atoms. The Labute approximate surface area is 162 Å². The number of hydrogen-bond donors (Lipinski definition) is 2. The summed E-state index contributed by atoms with van der Waals surface area (Å²) in [6, 6.07) is 15.7. The number of hydrogen-bond acceptors (Lipinski definition) is 6. The number of anilines is 3. The van der Waals surface area contributed by atoms with Crippen molar-refractivity contribution in [3.8, 4) is 0 Å². The highest BCUT2D eigenvalue weighted by molar-refractivity contribution is 6.03. The van der Waals surface area contributed by atoms with Crippen LogP contribution in [0, 0.1) is 13.8 Å². The van der Waals surface area contributed by atoms with Gasteiger partial charge in [0.15, 0.2) is 11.5 Å². The Hall–Kier alpha value is -3.74. The molecule has 0 aliphatic rings. The summed E-state index contributed by atoms with van der Waals surface area (Å²) in [5, 5.41) is 13.9. The van der Waals surface area contributed by atoms with E-state index in [1.165, 1.54) is 18.7 Å². The van der Waals surface area contributed by atoms with Crippen molar-refractivity contribution < 1.29 is 14.3 Å². The first kappa shape index (κ1) is 19.0. The van der Waals surface area contributed by atoms with Gasteiger partial charge in [-0.3, -0.25) is 4.79 Å². The van der Waals surface area contributed by atoms with E-state index >= 15 is 0 Å². The van der Waals surface area contributed by atoms with Crippen molar-refractivity contribution in [1.29, 1.82) is 0 Å². The number of aryl methyl sites for hydroxylation is 1. The molecule has 1 amide bonds. The molecule has 7 nitrogen and oxygen atoms in total. The molecule has 0 radical (unpaired) electrons. The summed E-state index contributed by atoms with van der Waals surface area (Å²) in [7, 11) is 1.30. The lowest BCUT2D eigenvalue weighted by atomic mass is 10.1. The Morgan fingerprint density at radius 2 is 1.75 bits per heavy atom. The van der Waals surface area contributed by atoms with Crippen LogP contribution in [0.4, 0.5) is 17.2 Å². The lowest BCUT2D eigenvalue weighted by molar-refractivity contribution is 0.0600. The number of ether oxygens (including phenoxy) is 1. The summed E-state index contributed by atoms with van der Waals surface area (Å²) < 4.78 is 4.68. The zero-order chi connectivity index (χ0) is 20.1. The van der Waals surface area contributed by atoms with Crippen molar-refractivity contribution in [2.75, 3.05) is 17.7 Å². The lowest BCUT2D eigenvalue weighted by Crippen LogP contribution is -2.15. The number of aromatic nitrogens is 2. The summed E-state index contributed by atoms with van der Waals surface area (Å²) in [4.78, 5) is 24.0. The average molecular weight is 376 g/mol. The van der Waals surface area contributed by atoms with Gasteiger partial charge in [-0.25, -0.2) is 4.79 Å². The zero-order valence-electron chi connectivity index (χ0n) is 15.8. The van der Waals surface area contributed by atoms with E-state index in [9.17, 15) is 9.59 Å². The Morgan fingerprint density at radius 3 is 2.46 bits per heavy atom. The SMILES string of the molecule is COC(=O)c1cccc(NC(=O)c2ccc(Nc3cccc(C)c3C)nn2)c1. The summed E-state index contributed by atoms with van der Waals surface area (Å²) >= 11 is 0. The van der Waals surface area contributed by atoms with Crippen LogP contribution in [-0.4, -0.2) is 29.2 Å². The van der Waals surface area contributed by atoms with Gasteiger partial charge in [-0.2, -0.15) is 0 Å². The van der Waals surface area contributed by atoms with Gasteiger partial charge in [0.05, 0.1) is 12.7 Å². The van der Waals surface area contributed by atoms with Crippen LogP contribution in [0.15, 0.2) is 54.6 Å². The van der Waals surface area contributed by atoms with E-state index in [1.807, 2.05) is 32.0 Å². The zero-order valence-corrected chi connectivity index (χ0v) is 15.8. The fourth-order valence-electron chi connectivity index (χ4n) is 2.58. The third kappa shape index (κ3) is 4.32. The minimum absolute atomic E-state index is 0.162. The highest BCUT2D eigenvalue weighted by Gasteiger charge is 2.11. The average Bonchev–Trinajstić information content (AvgIpc) is 2.71. The van der Waals surface area contributed by atoms with Crippen LogP contribution < -0.4 is 10.6 Å². The second-order valence-electron chi connectivity index (χ2n) is 6.20. The fraction of sp³-hybridized carbons (Fsp3) is 0.143. The molecule has 7 heteroatoms. The first-order valence-corrected chi connectivity index (χ1v) is 8.64. The molecule has 2 aromatic carbocycles. The molecule has 3 aromatic rings. The minimum Gasteiger partial charge on any atom is -0.465 e. The van der Waals surface area contributed by atoms with Crippen molar-refractivity contribution in [3.05, 3.63) is 77.0 Å². The van der Waals surface area contributed by atoms with Gasteiger partial charge in [-0.1, -0.05) is 18.2 Å². The van der Waals surface area contributed by atoms with Crippen molar-refractivity contribution in [2.45, 2.75) is 13.8 Å². The number of nitrogens with zero attached hydrogens (tertiary/aromatic N) is 2. The van der Waals surface area contributed by atoms with E-state index in [-0.39, 0.29) is 5.69 Å².